The molecule has 176 valence electrons. The minimum Gasteiger partial charge on any atom is -0.379 e. The first kappa shape index (κ1) is 25.2. The highest BCUT2D eigenvalue weighted by Crippen LogP contribution is 2.32. The lowest BCUT2D eigenvalue weighted by molar-refractivity contribution is 0.0376. The van der Waals surface area contributed by atoms with Crippen molar-refractivity contribution in [2.75, 3.05) is 44.3 Å². The van der Waals surface area contributed by atoms with Gasteiger partial charge in [0.25, 0.3) is 5.91 Å². The van der Waals surface area contributed by atoms with E-state index in [1.807, 2.05) is 0 Å². The van der Waals surface area contributed by atoms with Gasteiger partial charge in [0.05, 0.1) is 17.9 Å². The third-order valence-corrected chi connectivity index (χ3v) is 6.40. The van der Waals surface area contributed by atoms with Crippen molar-refractivity contribution in [1.29, 1.82) is 0 Å². The largest absolute Gasteiger partial charge is 0.379 e. The number of morpholine rings is 1. The molecule has 10 heteroatoms. The maximum atomic E-state index is 14.2. The SMILES string of the molecule is CC(=O)c1ccc(C(=O)N(CCCN2CCOCC2)c2nc3c(F)cc(F)cc3s2)cc1.Cl. The van der Waals surface area contributed by atoms with Gasteiger partial charge in [0.1, 0.15) is 11.3 Å². The van der Waals surface area contributed by atoms with E-state index in [1.165, 1.54) is 17.9 Å². The minimum absolute atomic E-state index is 0. The van der Waals surface area contributed by atoms with Gasteiger partial charge in [-0.15, -0.1) is 12.4 Å². The molecule has 3 aromatic rings. The van der Waals surface area contributed by atoms with E-state index in [0.717, 1.165) is 37.0 Å². The van der Waals surface area contributed by atoms with Crippen molar-refractivity contribution in [2.24, 2.45) is 0 Å². The summed E-state index contributed by atoms with van der Waals surface area (Å²) in [5.74, 6) is -1.83. The van der Waals surface area contributed by atoms with Crippen molar-refractivity contribution < 1.29 is 23.1 Å². The Morgan fingerprint density at radius 1 is 1.12 bits per heavy atom. The van der Waals surface area contributed by atoms with E-state index >= 15 is 0 Å². The summed E-state index contributed by atoms with van der Waals surface area (Å²) < 4.78 is 33.6. The van der Waals surface area contributed by atoms with Crippen LogP contribution in [0.4, 0.5) is 13.9 Å². The monoisotopic (exact) mass is 495 g/mol. The summed E-state index contributed by atoms with van der Waals surface area (Å²) in [7, 11) is 0. The van der Waals surface area contributed by atoms with Gasteiger partial charge in [0.15, 0.2) is 16.7 Å². The van der Waals surface area contributed by atoms with Gasteiger partial charge in [-0.25, -0.2) is 13.8 Å². The number of carbonyl (C=O) groups is 2. The molecule has 0 bridgehead atoms. The minimum atomic E-state index is -0.756. The third kappa shape index (κ3) is 5.92. The third-order valence-electron chi connectivity index (χ3n) is 5.38. The molecule has 1 aromatic heterocycles. The zero-order valence-corrected chi connectivity index (χ0v) is 19.7. The van der Waals surface area contributed by atoms with Crippen molar-refractivity contribution in [3.05, 3.63) is 59.2 Å². The topological polar surface area (TPSA) is 62.7 Å². The van der Waals surface area contributed by atoms with Crippen LogP contribution in [-0.4, -0.2) is 61.0 Å². The molecule has 1 aliphatic heterocycles. The van der Waals surface area contributed by atoms with Crippen LogP contribution in [0, 0.1) is 11.6 Å². The molecule has 0 atom stereocenters. The molecule has 0 unspecified atom stereocenters. The number of anilines is 1. The van der Waals surface area contributed by atoms with Crippen LogP contribution >= 0.6 is 23.7 Å². The average Bonchev–Trinajstić information content (AvgIpc) is 3.21. The number of ketones is 1. The van der Waals surface area contributed by atoms with Crippen LogP contribution in [0.15, 0.2) is 36.4 Å². The number of rotatable bonds is 7. The molecule has 0 N–H and O–H groups in total. The second-order valence-electron chi connectivity index (χ2n) is 7.63. The number of benzene rings is 2. The highest BCUT2D eigenvalue weighted by Gasteiger charge is 2.23. The summed E-state index contributed by atoms with van der Waals surface area (Å²) in [6.07, 6.45) is 0.685. The maximum Gasteiger partial charge on any atom is 0.260 e. The highest BCUT2D eigenvalue weighted by atomic mass is 35.5. The van der Waals surface area contributed by atoms with Gasteiger partial charge in [0.2, 0.25) is 0 Å². The first-order valence-electron chi connectivity index (χ1n) is 10.4. The van der Waals surface area contributed by atoms with E-state index in [9.17, 15) is 18.4 Å². The number of hydrogen-bond donors (Lipinski definition) is 0. The molecule has 0 radical (unpaired) electrons. The van der Waals surface area contributed by atoms with E-state index in [2.05, 4.69) is 9.88 Å². The smallest absolute Gasteiger partial charge is 0.260 e. The zero-order chi connectivity index (χ0) is 22.7. The number of hydrogen-bond acceptors (Lipinski definition) is 6. The lowest BCUT2D eigenvalue weighted by Gasteiger charge is -2.27. The van der Waals surface area contributed by atoms with Crippen molar-refractivity contribution in [2.45, 2.75) is 13.3 Å². The Balaban J connectivity index is 0.00000306. The highest BCUT2D eigenvalue weighted by molar-refractivity contribution is 7.22. The van der Waals surface area contributed by atoms with E-state index < -0.39 is 11.6 Å². The van der Waals surface area contributed by atoms with E-state index in [-0.39, 0.29) is 29.6 Å². The van der Waals surface area contributed by atoms with Gasteiger partial charge in [-0.1, -0.05) is 23.5 Å². The van der Waals surface area contributed by atoms with Crippen LogP contribution < -0.4 is 4.90 Å². The number of Topliss-reactive ketones (excluding diaryl/α,β-unsaturated/α-hetero) is 1. The number of carbonyl (C=O) groups excluding carboxylic acids is 2. The maximum absolute atomic E-state index is 14.2. The van der Waals surface area contributed by atoms with Crippen LogP contribution in [0.1, 0.15) is 34.1 Å². The number of fused-ring (bicyclic) bond motifs is 1. The van der Waals surface area contributed by atoms with E-state index in [1.54, 1.807) is 24.3 Å². The van der Waals surface area contributed by atoms with Crippen molar-refractivity contribution in [1.82, 2.24) is 9.88 Å². The number of thiazole rings is 1. The molecule has 2 aromatic carbocycles. The standard InChI is InChI=1S/C23H23F2N3O3S.ClH/c1-15(29)16-3-5-17(6-4-16)22(30)28(8-2-7-27-9-11-31-12-10-27)23-26-21-19(25)13-18(24)14-20(21)32-23;/h3-6,13-14H,2,7-12H2,1H3;1H. The predicted molar refractivity (Wildman–Crippen MR) is 127 cm³/mol. The molecular formula is C23H24ClF2N3O3S. The van der Waals surface area contributed by atoms with Gasteiger partial charge < -0.3 is 4.74 Å². The number of amides is 1. The Hall–Kier alpha value is -2.46. The molecule has 33 heavy (non-hydrogen) atoms. The van der Waals surface area contributed by atoms with Gasteiger partial charge in [-0.05, 0) is 31.5 Å². The van der Waals surface area contributed by atoms with Crippen molar-refractivity contribution in [3.8, 4) is 0 Å². The summed E-state index contributed by atoms with van der Waals surface area (Å²) in [4.78, 5) is 33.0. The fraction of sp³-hybridized carbons (Fsp3) is 0.348. The first-order chi connectivity index (χ1) is 15.4. The Morgan fingerprint density at radius 3 is 2.45 bits per heavy atom. The van der Waals surface area contributed by atoms with Crippen LogP contribution in [-0.2, 0) is 4.74 Å². The number of ether oxygens (including phenoxy) is 1. The van der Waals surface area contributed by atoms with Crippen LogP contribution in [0.5, 0.6) is 0 Å². The van der Waals surface area contributed by atoms with Crippen molar-refractivity contribution >= 4 is 50.8 Å². The Bertz CT molecular complexity index is 1130. The predicted octanol–water partition coefficient (Wildman–Crippen LogP) is 4.57. The molecule has 1 aliphatic rings. The van der Waals surface area contributed by atoms with Crippen molar-refractivity contribution in [3.63, 3.8) is 0 Å². The summed E-state index contributed by atoms with van der Waals surface area (Å²) >= 11 is 1.08. The molecular weight excluding hydrogens is 472 g/mol. The summed E-state index contributed by atoms with van der Waals surface area (Å²) in [5.41, 5.74) is 0.953. The number of halogens is 3. The lowest BCUT2D eigenvalue weighted by Crippen LogP contribution is -2.39. The van der Waals surface area contributed by atoms with Gasteiger partial charge in [-0.2, -0.15) is 0 Å². The quantitative estimate of drug-likeness (QED) is 0.449. The molecule has 0 spiro atoms. The Labute approximate surface area is 200 Å². The molecule has 0 saturated carbocycles. The zero-order valence-electron chi connectivity index (χ0n) is 18.1. The molecule has 2 heterocycles. The Kier molecular flexibility index (Phi) is 8.47. The van der Waals surface area contributed by atoms with E-state index in [4.69, 9.17) is 4.74 Å². The molecule has 6 nitrogen and oxygen atoms in total. The number of aromatic nitrogens is 1. The van der Waals surface area contributed by atoms with Crippen LogP contribution in [0.25, 0.3) is 10.2 Å². The molecule has 1 saturated heterocycles. The van der Waals surface area contributed by atoms with Gasteiger partial charge >= 0.3 is 0 Å². The number of nitrogens with zero attached hydrogens (tertiary/aromatic N) is 3. The Morgan fingerprint density at radius 2 is 1.79 bits per heavy atom. The van der Waals surface area contributed by atoms with E-state index in [0.29, 0.717) is 47.1 Å². The normalized spacial score (nSPS) is 14.2. The lowest BCUT2D eigenvalue weighted by atomic mass is 10.1. The molecule has 1 fully saturated rings. The van der Waals surface area contributed by atoms with Gasteiger partial charge in [0, 0.05) is 43.4 Å². The summed E-state index contributed by atoms with van der Waals surface area (Å²) in [6, 6.07) is 8.42. The fourth-order valence-electron chi connectivity index (χ4n) is 3.63. The second-order valence-corrected chi connectivity index (χ2v) is 8.64. The molecule has 0 aliphatic carbocycles. The average molecular weight is 496 g/mol. The summed E-state index contributed by atoms with van der Waals surface area (Å²) in [5, 5.41) is 0.312. The fourth-order valence-corrected chi connectivity index (χ4v) is 4.65. The summed E-state index contributed by atoms with van der Waals surface area (Å²) in [6.45, 7) is 5.67. The van der Waals surface area contributed by atoms with Crippen LogP contribution in [0.3, 0.4) is 0 Å². The molecule has 1 amide bonds. The van der Waals surface area contributed by atoms with Gasteiger partial charge in [-0.3, -0.25) is 19.4 Å². The van der Waals surface area contributed by atoms with Crippen LogP contribution in [0.2, 0.25) is 0 Å². The molecule has 4 rings (SSSR count). The second kappa shape index (κ2) is 11.1. The first-order valence-corrected chi connectivity index (χ1v) is 11.2.